The molecule has 0 heterocycles. The summed E-state index contributed by atoms with van der Waals surface area (Å²) in [4.78, 5) is 0. The highest BCUT2D eigenvalue weighted by molar-refractivity contribution is 5.55. The van der Waals surface area contributed by atoms with E-state index in [1.54, 1.807) is 24.3 Å². The zero-order valence-electron chi connectivity index (χ0n) is 9.72. The Bertz CT molecular complexity index is 481. The van der Waals surface area contributed by atoms with Gasteiger partial charge < -0.3 is 22.3 Å². The summed E-state index contributed by atoms with van der Waals surface area (Å²) in [6.45, 7) is 1.95. The third-order valence-electron chi connectivity index (χ3n) is 2.17. The van der Waals surface area contributed by atoms with Gasteiger partial charge >= 0.3 is 0 Å². The van der Waals surface area contributed by atoms with Gasteiger partial charge in [-0.3, -0.25) is 0 Å². The average molecular weight is 231 g/mol. The molecule has 0 aliphatic carbocycles. The fourth-order valence-electron chi connectivity index (χ4n) is 1.18. The summed E-state index contributed by atoms with van der Waals surface area (Å²) in [6.07, 6.45) is 0. The van der Waals surface area contributed by atoms with Crippen molar-refractivity contribution in [3.63, 3.8) is 0 Å². The first-order valence-electron chi connectivity index (χ1n) is 5.15. The lowest BCUT2D eigenvalue weighted by Crippen LogP contribution is -1.91. The van der Waals surface area contributed by atoms with Gasteiger partial charge in [0.2, 0.25) is 0 Å². The number of aromatic hydroxyl groups is 1. The topological polar surface area (TPSA) is 98.3 Å². The van der Waals surface area contributed by atoms with Gasteiger partial charge in [0.1, 0.15) is 5.75 Å². The second kappa shape index (κ2) is 5.65. The van der Waals surface area contributed by atoms with Gasteiger partial charge in [0.05, 0.1) is 0 Å². The molecule has 0 aliphatic heterocycles. The Labute approximate surface area is 101 Å². The zero-order chi connectivity index (χ0) is 12.8. The Morgan fingerprint density at radius 3 is 1.94 bits per heavy atom. The van der Waals surface area contributed by atoms with Crippen LogP contribution in [0.5, 0.6) is 5.75 Å². The van der Waals surface area contributed by atoms with Crippen molar-refractivity contribution >= 4 is 17.1 Å². The molecule has 90 valence electrons. The molecule has 4 heteroatoms. The molecule has 0 radical (unpaired) electrons. The van der Waals surface area contributed by atoms with Crippen molar-refractivity contribution in [1.29, 1.82) is 0 Å². The molecule has 4 nitrogen and oxygen atoms in total. The quantitative estimate of drug-likeness (QED) is 0.522. The molecule has 0 amide bonds. The van der Waals surface area contributed by atoms with Crippen molar-refractivity contribution < 1.29 is 5.11 Å². The highest BCUT2D eigenvalue weighted by atomic mass is 16.3. The van der Waals surface area contributed by atoms with Crippen molar-refractivity contribution in [2.45, 2.75) is 6.92 Å². The third kappa shape index (κ3) is 4.34. The molecule has 0 atom stereocenters. The van der Waals surface area contributed by atoms with Gasteiger partial charge in [-0.2, -0.15) is 0 Å². The van der Waals surface area contributed by atoms with Gasteiger partial charge in [0, 0.05) is 23.1 Å². The number of benzene rings is 2. The second-order valence-corrected chi connectivity index (χ2v) is 3.71. The Morgan fingerprint density at radius 2 is 1.53 bits per heavy atom. The zero-order valence-corrected chi connectivity index (χ0v) is 9.72. The first-order chi connectivity index (χ1) is 7.99. The van der Waals surface area contributed by atoms with Crippen LogP contribution in [0.4, 0.5) is 17.1 Å². The van der Waals surface area contributed by atoms with Crippen LogP contribution < -0.4 is 17.2 Å². The largest absolute Gasteiger partial charge is 0.508 e. The molecule has 0 aliphatic rings. The lowest BCUT2D eigenvalue weighted by Gasteiger charge is -1.98. The van der Waals surface area contributed by atoms with Gasteiger partial charge in [-0.05, 0) is 36.8 Å². The first-order valence-corrected chi connectivity index (χ1v) is 5.15. The number of nitrogen functional groups attached to an aromatic ring is 3. The second-order valence-electron chi connectivity index (χ2n) is 3.71. The Morgan fingerprint density at radius 1 is 0.882 bits per heavy atom. The summed E-state index contributed by atoms with van der Waals surface area (Å²) < 4.78 is 0. The highest BCUT2D eigenvalue weighted by Gasteiger charge is 1.90. The van der Waals surface area contributed by atoms with E-state index in [2.05, 4.69) is 0 Å². The number of hydrogen-bond donors (Lipinski definition) is 4. The molecule has 0 fully saturated rings. The number of anilines is 3. The van der Waals surface area contributed by atoms with Crippen molar-refractivity contribution in [2.24, 2.45) is 0 Å². The average Bonchev–Trinajstić information content (AvgIpc) is 2.24. The van der Waals surface area contributed by atoms with E-state index >= 15 is 0 Å². The van der Waals surface area contributed by atoms with Crippen LogP contribution in [0.15, 0.2) is 42.5 Å². The summed E-state index contributed by atoms with van der Waals surface area (Å²) in [5, 5.41) is 8.73. The van der Waals surface area contributed by atoms with Gasteiger partial charge in [-0.15, -0.1) is 0 Å². The maximum atomic E-state index is 8.73. The van der Waals surface area contributed by atoms with E-state index in [0.29, 0.717) is 5.69 Å². The van der Waals surface area contributed by atoms with E-state index in [1.165, 1.54) is 6.07 Å². The molecule has 0 saturated heterocycles. The molecule has 7 N–H and O–H groups in total. The third-order valence-corrected chi connectivity index (χ3v) is 2.17. The molecule has 0 aromatic heterocycles. The summed E-state index contributed by atoms with van der Waals surface area (Å²) in [5.74, 6) is 0.213. The number of aryl methyl sites for hydroxylation is 1. The van der Waals surface area contributed by atoms with Gasteiger partial charge in [0.15, 0.2) is 0 Å². The van der Waals surface area contributed by atoms with Crippen LogP contribution in [-0.2, 0) is 0 Å². The van der Waals surface area contributed by atoms with E-state index in [9.17, 15) is 0 Å². The van der Waals surface area contributed by atoms with E-state index in [-0.39, 0.29) is 5.75 Å². The molecular formula is C13H17N3O. The van der Waals surface area contributed by atoms with Gasteiger partial charge in [-0.1, -0.05) is 12.1 Å². The van der Waals surface area contributed by atoms with Crippen LogP contribution in [0.2, 0.25) is 0 Å². The Hall–Kier alpha value is -2.36. The van der Waals surface area contributed by atoms with E-state index in [4.69, 9.17) is 22.3 Å². The Kier molecular flexibility index (Phi) is 4.22. The SMILES string of the molecule is Cc1ccc(N)cc1N.Nc1cccc(O)c1. The van der Waals surface area contributed by atoms with E-state index in [0.717, 1.165) is 16.9 Å². The van der Waals surface area contributed by atoms with Crippen LogP contribution in [0.25, 0.3) is 0 Å². The minimum absolute atomic E-state index is 0.213. The number of rotatable bonds is 0. The molecule has 0 unspecified atom stereocenters. The summed E-state index contributed by atoms with van der Waals surface area (Å²) in [6, 6.07) is 12.0. The molecule has 0 saturated carbocycles. The lowest BCUT2D eigenvalue weighted by atomic mass is 10.2. The number of phenols is 1. The van der Waals surface area contributed by atoms with Crippen LogP contribution in [0, 0.1) is 6.92 Å². The minimum Gasteiger partial charge on any atom is -0.508 e. The maximum Gasteiger partial charge on any atom is 0.117 e. The van der Waals surface area contributed by atoms with E-state index in [1.807, 2.05) is 19.1 Å². The molecule has 2 rings (SSSR count). The fraction of sp³-hybridized carbons (Fsp3) is 0.0769. The minimum atomic E-state index is 0.213. The molecule has 17 heavy (non-hydrogen) atoms. The highest BCUT2D eigenvalue weighted by Crippen LogP contribution is 2.13. The van der Waals surface area contributed by atoms with Crippen molar-refractivity contribution in [3.8, 4) is 5.75 Å². The van der Waals surface area contributed by atoms with E-state index < -0.39 is 0 Å². The molecule has 2 aromatic rings. The predicted molar refractivity (Wildman–Crippen MR) is 72.5 cm³/mol. The number of phenolic OH excluding ortho intramolecular Hbond substituents is 1. The van der Waals surface area contributed by atoms with Gasteiger partial charge in [-0.25, -0.2) is 0 Å². The fourth-order valence-corrected chi connectivity index (χ4v) is 1.18. The van der Waals surface area contributed by atoms with Crippen molar-refractivity contribution in [3.05, 3.63) is 48.0 Å². The summed E-state index contributed by atoms with van der Waals surface area (Å²) in [5.41, 5.74) is 19.4. The Balaban J connectivity index is 0.000000171. The van der Waals surface area contributed by atoms with Crippen LogP contribution in [0.3, 0.4) is 0 Å². The molecule has 0 spiro atoms. The van der Waals surface area contributed by atoms with Crippen molar-refractivity contribution in [1.82, 2.24) is 0 Å². The van der Waals surface area contributed by atoms with Crippen LogP contribution >= 0.6 is 0 Å². The molecule has 0 bridgehead atoms. The lowest BCUT2D eigenvalue weighted by molar-refractivity contribution is 0.475. The first kappa shape index (κ1) is 12.7. The standard InChI is InChI=1S/C7H10N2.C6H7NO/c1-5-2-3-6(8)4-7(5)9;7-5-2-1-3-6(8)4-5/h2-4H,8-9H2,1H3;1-4,8H,7H2. The summed E-state index contributed by atoms with van der Waals surface area (Å²) in [7, 11) is 0. The number of hydrogen-bond acceptors (Lipinski definition) is 4. The summed E-state index contributed by atoms with van der Waals surface area (Å²) >= 11 is 0. The van der Waals surface area contributed by atoms with Gasteiger partial charge in [0.25, 0.3) is 0 Å². The smallest absolute Gasteiger partial charge is 0.117 e. The normalized spacial score (nSPS) is 9.24. The monoisotopic (exact) mass is 231 g/mol. The maximum absolute atomic E-state index is 8.73. The number of nitrogens with two attached hydrogens (primary N) is 3. The van der Waals surface area contributed by atoms with Crippen LogP contribution in [0.1, 0.15) is 5.56 Å². The van der Waals surface area contributed by atoms with Crippen LogP contribution in [-0.4, -0.2) is 5.11 Å². The molecular weight excluding hydrogens is 214 g/mol. The van der Waals surface area contributed by atoms with Crippen molar-refractivity contribution in [2.75, 3.05) is 17.2 Å². The molecule has 2 aromatic carbocycles. The predicted octanol–water partition coefficient (Wildman–Crippen LogP) is 2.13.